The van der Waals surface area contributed by atoms with Gasteiger partial charge in [0.05, 0.1) is 0 Å². The predicted molar refractivity (Wildman–Crippen MR) is 164 cm³/mol. The number of aryl methyl sites for hydroxylation is 1. The number of benzene rings is 4. The predicted octanol–water partition coefficient (Wildman–Crippen LogP) is 5.73. The fourth-order valence-electron chi connectivity index (χ4n) is 4.78. The van der Waals surface area contributed by atoms with Gasteiger partial charge in [0.1, 0.15) is 5.75 Å². The Balaban J connectivity index is 1.46. The van der Waals surface area contributed by atoms with Crippen LogP contribution in [0.2, 0.25) is 0 Å². The van der Waals surface area contributed by atoms with Gasteiger partial charge in [0.2, 0.25) is 5.91 Å². The molecule has 0 unspecified atom stereocenters. The molecule has 6 nitrogen and oxygen atoms in total. The van der Waals surface area contributed by atoms with E-state index in [1.165, 1.54) is 5.56 Å². The molecule has 6 heteroatoms. The zero-order valence-corrected chi connectivity index (χ0v) is 23.5. The van der Waals surface area contributed by atoms with Gasteiger partial charge in [-0.3, -0.25) is 9.59 Å². The lowest BCUT2D eigenvalue weighted by atomic mass is 10.0. The maximum Gasteiger partial charge on any atom is 0.251 e. The van der Waals surface area contributed by atoms with E-state index >= 15 is 0 Å². The van der Waals surface area contributed by atoms with Gasteiger partial charge in [-0.25, -0.2) is 0 Å². The minimum absolute atomic E-state index is 0.113. The summed E-state index contributed by atoms with van der Waals surface area (Å²) in [6.45, 7) is 2.16. The first-order chi connectivity index (χ1) is 20.0. The first-order valence-electron chi connectivity index (χ1n) is 14.3. The molecule has 41 heavy (non-hydrogen) atoms. The number of nitrogens with zero attached hydrogens (tertiary/aromatic N) is 1. The highest BCUT2D eigenvalue weighted by Crippen LogP contribution is 2.23. The van der Waals surface area contributed by atoms with Gasteiger partial charge < -0.3 is 21.1 Å². The van der Waals surface area contributed by atoms with E-state index in [0.29, 0.717) is 44.6 Å². The van der Waals surface area contributed by atoms with E-state index in [0.717, 1.165) is 41.5 Å². The number of nitrogens with two attached hydrogens (primary N) is 1. The number of hydrogen-bond acceptors (Lipinski definition) is 4. The number of hydrogen-bond donors (Lipinski definition) is 3. The normalized spacial score (nSPS) is 10.8. The number of phenolic OH excluding ortho intramolecular Hbond substituents is 1. The third-order valence-corrected chi connectivity index (χ3v) is 7.08. The number of carbonyl (C=O) groups is 2. The molecule has 0 heterocycles. The highest BCUT2D eigenvalue weighted by Gasteiger charge is 2.15. The van der Waals surface area contributed by atoms with Crippen molar-refractivity contribution in [2.24, 2.45) is 5.73 Å². The Morgan fingerprint density at radius 2 is 1.41 bits per heavy atom. The maximum atomic E-state index is 13.4. The molecule has 0 fully saturated rings. The molecule has 212 valence electrons. The van der Waals surface area contributed by atoms with Gasteiger partial charge in [-0.05, 0) is 90.4 Å². The molecule has 0 aliphatic carbocycles. The summed E-state index contributed by atoms with van der Waals surface area (Å²) in [7, 11) is 0. The van der Waals surface area contributed by atoms with Crippen LogP contribution in [0, 0.1) is 0 Å². The molecule has 0 bridgehead atoms. The van der Waals surface area contributed by atoms with Gasteiger partial charge in [0.15, 0.2) is 0 Å². The van der Waals surface area contributed by atoms with Crippen molar-refractivity contribution in [3.8, 4) is 16.9 Å². The summed E-state index contributed by atoms with van der Waals surface area (Å²) < 4.78 is 0. The van der Waals surface area contributed by atoms with Crippen LogP contribution in [-0.2, 0) is 24.2 Å². The summed E-state index contributed by atoms with van der Waals surface area (Å²) >= 11 is 0. The van der Waals surface area contributed by atoms with E-state index in [2.05, 4.69) is 23.5 Å². The second-order valence-corrected chi connectivity index (χ2v) is 10.3. The van der Waals surface area contributed by atoms with Crippen LogP contribution in [0.3, 0.4) is 0 Å². The van der Waals surface area contributed by atoms with Gasteiger partial charge in [0, 0.05) is 31.6 Å². The van der Waals surface area contributed by atoms with Crippen LogP contribution < -0.4 is 11.1 Å². The third-order valence-electron chi connectivity index (χ3n) is 7.08. The Bertz CT molecular complexity index is 1400. The Labute approximate surface area is 242 Å². The van der Waals surface area contributed by atoms with Crippen LogP contribution >= 0.6 is 0 Å². The highest BCUT2D eigenvalue weighted by atomic mass is 16.3. The lowest BCUT2D eigenvalue weighted by Gasteiger charge is -2.23. The summed E-state index contributed by atoms with van der Waals surface area (Å²) in [5.74, 6) is 0.246. The van der Waals surface area contributed by atoms with Crippen LogP contribution in [-0.4, -0.2) is 41.5 Å². The molecule has 0 spiro atoms. The third kappa shape index (κ3) is 9.33. The second kappa shape index (κ2) is 15.4. The zero-order valence-electron chi connectivity index (χ0n) is 23.5. The number of amides is 2. The second-order valence-electron chi connectivity index (χ2n) is 10.3. The smallest absolute Gasteiger partial charge is 0.251 e. The molecule has 4 aromatic rings. The molecule has 0 atom stereocenters. The molecule has 0 saturated carbocycles. The van der Waals surface area contributed by atoms with E-state index in [-0.39, 0.29) is 17.6 Å². The standard InChI is InChI=1S/C35H39N3O3/c36-21-7-22-37-35(41)32-14-6-13-31(25-32)30-12-4-11-29(24-30)26-38(23-20-28-16-18-33(39)19-17-28)34(40)15-5-10-27-8-2-1-3-9-27/h1-4,6,8-9,11-14,16-19,24-25,39H,5,7,10,15,20-23,26,36H2,(H,37,41). The molecule has 4 aromatic carbocycles. The van der Waals surface area contributed by atoms with Crippen LogP contribution in [0.1, 0.15) is 46.3 Å². The summed E-state index contributed by atoms with van der Waals surface area (Å²) in [6, 6.07) is 33.1. The van der Waals surface area contributed by atoms with Crippen molar-refractivity contribution in [1.29, 1.82) is 0 Å². The molecular formula is C35H39N3O3. The monoisotopic (exact) mass is 549 g/mol. The molecular weight excluding hydrogens is 510 g/mol. The number of aromatic hydroxyl groups is 1. The summed E-state index contributed by atoms with van der Waals surface area (Å²) in [4.78, 5) is 27.9. The largest absolute Gasteiger partial charge is 0.508 e. The average molecular weight is 550 g/mol. The van der Waals surface area contributed by atoms with E-state index in [1.807, 2.05) is 77.7 Å². The fourth-order valence-corrected chi connectivity index (χ4v) is 4.78. The number of rotatable bonds is 14. The van der Waals surface area contributed by atoms with E-state index in [9.17, 15) is 14.7 Å². The number of carbonyl (C=O) groups excluding carboxylic acids is 2. The van der Waals surface area contributed by atoms with Gasteiger partial charge in [-0.1, -0.05) is 72.8 Å². The Hall–Kier alpha value is -4.42. The minimum Gasteiger partial charge on any atom is -0.508 e. The molecule has 0 saturated heterocycles. The number of phenols is 1. The Kier molecular flexibility index (Phi) is 11.1. The molecule has 0 aliphatic heterocycles. The molecule has 2 amide bonds. The molecule has 0 radical (unpaired) electrons. The first kappa shape index (κ1) is 29.6. The van der Waals surface area contributed by atoms with Crippen LogP contribution in [0.15, 0.2) is 103 Å². The van der Waals surface area contributed by atoms with Crippen molar-refractivity contribution >= 4 is 11.8 Å². The molecule has 4 rings (SSSR count). The Morgan fingerprint density at radius 3 is 2.17 bits per heavy atom. The van der Waals surface area contributed by atoms with Crippen LogP contribution in [0.25, 0.3) is 11.1 Å². The first-order valence-corrected chi connectivity index (χ1v) is 14.3. The number of nitrogens with one attached hydrogen (secondary N) is 1. The summed E-state index contributed by atoms with van der Waals surface area (Å²) in [6.07, 6.45) is 3.57. The lowest BCUT2D eigenvalue weighted by Crippen LogP contribution is -2.32. The quantitative estimate of drug-likeness (QED) is 0.175. The van der Waals surface area contributed by atoms with Crippen LogP contribution in [0.5, 0.6) is 5.75 Å². The van der Waals surface area contributed by atoms with E-state index < -0.39 is 0 Å². The van der Waals surface area contributed by atoms with E-state index in [1.54, 1.807) is 12.1 Å². The van der Waals surface area contributed by atoms with Crippen molar-refractivity contribution in [2.75, 3.05) is 19.6 Å². The van der Waals surface area contributed by atoms with Crippen molar-refractivity contribution < 1.29 is 14.7 Å². The van der Waals surface area contributed by atoms with E-state index in [4.69, 9.17) is 5.73 Å². The van der Waals surface area contributed by atoms with Gasteiger partial charge in [-0.15, -0.1) is 0 Å². The van der Waals surface area contributed by atoms with Crippen molar-refractivity contribution in [1.82, 2.24) is 10.2 Å². The Morgan fingerprint density at radius 1 is 0.732 bits per heavy atom. The molecule has 0 aliphatic rings. The molecule has 0 aromatic heterocycles. The van der Waals surface area contributed by atoms with Crippen molar-refractivity contribution in [2.45, 2.75) is 38.6 Å². The fraction of sp³-hybridized carbons (Fsp3) is 0.257. The van der Waals surface area contributed by atoms with Crippen molar-refractivity contribution in [3.63, 3.8) is 0 Å². The zero-order chi connectivity index (χ0) is 28.9. The summed E-state index contributed by atoms with van der Waals surface area (Å²) in [5, 5.41) is 12.5. The van der Waals surface area contributed by atoms with Gasteiger partial charge >= 0.3 is 0 Å². The SMILES string of the molecule is NCCCNC(=O)c1cccc(-c2cccc(CN(CCc3ccc(O)cc3)C(=O)CCCc3ccccc3)c2)c1. The topological polar surface area (TPSA) is 95.7 Å². The molecule has 4 N–H and O–H groups in total. The lowest BCUT2D eigenvalue weighted by molar-refractivity contribution is -0.131. The van der Waals surface area contributed by atoms with Crippen LogP contribution in [0.4, 0.5) is 0 Å². The highest BCUT2D eigenvalue weighted by molar-refractivity contribution is 5.95. The maximum absolute atomic E-state index is 13.4. The van der Waals surface area contributed by atoms with Crippen molar-refractivity contribution in [3.05, 3.63) is 125 Å². The van der Waals surface area contributed by atoms with Gasteiger partial charge in [-0.2, -0.15) is 0 Å². The van der Waals surface area contributed by atoms with Gasteiger partial charge in [0.25, 0.3) is 5.91 Å². The average Bonchev–Trinajstić information content (AvgIpc) is 3.01. The summed E-state index contributed by atoms with van der Waals surface area (Å²) in [5.41, 5.74) is 11.4. The minimum atomic E-state index is -0.113.